The summed E-state index contributed by atoms with van der Waals surface area (Å²) in [5, 5.41) is 0. The van der Waals surface area contributed by atoms with Crippen molar-refractivity contribution in [3.8, 4) is 0 Å². The van der Waals surface area contributed by atoms with E-state index in [0.717, 1.165) is 38.0 Å². The zero-order valence-electron chi connectivity index (χ0n) is 8.12. The minimum Gasteiger partial charge on any atom is -0.334 e. The SMILES string of the molecule is C=C1CCN([C@H]2CCN(C)C2)C1=O. The van der Waals surface area contributed by atoms with Crippen molar-refractivity contribution in [3.63, 3.8) is 0 Å². The van der Waals surface area contributed by atoms with Gasteiger partial charge in [0, 0.05) is 24.7 Å². The monoisotopic (exact) mass is 180 g/mol. The third-order valence-electron chi connectivity index (χ3n) is 3.03. The number of hydrogen-bond donors (Lipinski definition) is 0. The molecule has 2 aliphatic rings. The van der Waals surface area contributed by atoms with Crippen LogP contribution in [0.25, 0.3) is 0 Å². The molecule has 0 unspecified atom stereocenters. The van der Waals surface area contributed by atoms with E-state index in [-0.39, 0.29) is 5.91 Å². The fourth-order valence-corrected chi connectivity index (χ4v) is 2.18. The second-order valence-electron chi connectivity index (χ2n) is 4.06. The van der Waals surface area contributed by atoms with E-state index in [1.807, 2.05) is 4.90 Å². The van der Waals surface area contributed by atoms with Gasteiger partial charge in [0.1, 0.15) is 0 Å². The van der Waals surface area contributed by atoms with Gasteiger partial charge in [-0.2, -0.15) is 0 Å². The number of carbonyl (C=O) groups is 1. The van der Waals surface area contributed by atoms with Crippen molar-refractivity contribution in [2.75, 3.05) is 26.7 Å². The molecule has 0 aliphatic carbocycles. The van der Waals surface area contributed by atoms with Gasteiger partial charge in [-0.3, -0.25) is 4.79 Å². The molecule has 0 bridgehead atoms. The van der Waals surface area contributed by atoms with E-state index in [9.17, 15) is 4.79 Å². The van der Waals surface area contributed by atoms with Crippen molar-refractivity contribution in [2.45, 2.75) is 18.9 Å². The van der Waals surface area contributed by atoms with E-state index < -0.39 is 0 Å². The molecule has 0 saturated carbocycles. The number of amides is 1. The van der Waals surface area contributed by atoms with E-state index in [0.29, 0.717) is 6.04 Å². The number of rotatable bonds is 1. The molecule has 0 radical (unpaired) electrons. The fraction of sp³-hybridized carbons (Fsp3) is 0.700. The van der Waals surface area contributed by atoms with Crippen LogP contribution in [0.4, 0.5) is 0 Å². The van der Waals surface area contributed by atoms with Crippen molar-refractivity contribution in [3.05, 3.63) is 12.2 Å². The van der Waals surface area contributed by atoms with Crippen molar-refractivity contribution in [1.82, 2.24) is 9.80 Å². The zero-order valence-corrected chi connectivity index (χ0v) is 8.12. The zero-order chi connectivity index (χ0) is 9.42. The summed E-state index contributed by atoms with van der Waals surface area (Å²) in [6.07, 6.45) is 1.98. The molecule has 0 spiro atoms. The van der Waals surface area contributed by atoms with Gasteiger partial charge in [-0.15, -0.1) is 0 Å². The van der Waals surface area contributed by atoms with E-state index >= 15 is 0 Å². The minimum absolute atomic E-state index is 0.181. The molecule has 0 aromatic heterocycles. The standard InChI is InChI=1S/C10H16N2O/c1-8-3-6-12(10(8)13)9-4-5-11(2)7-9/h9H,1,3-7H2,2H3/t9-/m0/s1. The molecule has 2 fully saturated rings. The highest BCUT2D eigenvalue weighted by molar-refractivity contribution is 5.95. The summed E-state index contributed by atoms with van der Waals surface area (Å²) in [6.45, 7) is 6.79. The maximum Gasteiger partial charge on any atom is 0.249 e. The second-order valence-corrected chi connectivity index (χ2v) is 4.06. The van der Waals surface area contributed by atoms with Crippen LogP contribution >= 0.6 is 0 Å². The molecule has 2 saturated heterocycles. The first-order valence-electron chi connectivity index (χ1n) is 4.86. The van der Waals surface area contributed by atoms with Gasteiger partial charge in [-0.1, -0.05) is 6.58 Å². The number of nitrogens with zero attached hydrogens (tertiary/aromatic N) is 2. The average molecular weight is 180 g/mol. The van der Waals surface area contributed by atoms with E-state index in [1.165, 1.54) is 0 Å². The lowest BCUT2D eigenvalue weighted by Gasteiger charge is -2.23. The van der Waals surface area contributed by atoms with Gasteiger partial charge >= 0.3 is 0 Å². The third-order valence-corrected chi connectivity index (χ3v) is 3.03. The largest absolute Gasteiger partial charge is 0.334 e. The minimum atomic E-state index is 0.181. The lowest BCUT2D eigenvalue weighted by atomic mass is 10.2. The molecule has 2 aliphatic heterocycles. The van der Waals surface area contributed by atoms with Crippen molar-refractivity contribution >= 4 is 5.91 Å². The average Bonchev–Trinajstić information content (AvgIpc) is 2.62. The van der Waals surface area contributed by atoms with E-state index in [1.54, 1.807) is 0 Å². The number of likely N-dealkylation sites (N-methyl/N-ethyl adjacent to an activating group) is 1. The molecule has 72 valence electrons. The van der Waals surface area contributed by atoms with Crippen LogP contribution in [0.5, 0.6) is 0 Å². The molecule has 3 heteroatoms. The van der Waals surface area contributed by atoms with Gasteiger partial charge in [0.25, 0.3) is 0 Å². The van der Waals surface area contributed by atoms with Gasteiger partial charge < -0.3 is 9.80 Å². The number of likely N-dealkylation sites (tertiary alicyclic amines) is 2. The molecule has 3 nitrogen and oxygen atoms in total. The van der Waals surface area contributed by atoms with E-state index in [4.69, 9.17) is 0 Å². The molecular weight excluding hydrogens is 164 g/mol. The Hall–Kier alpha value is -0.830. The predicted molar refractivity (Wildman–Crippen MR) is 51.4 cm³/mol. The molecule has 1 atom stereocenters. The summed E-state index contributed by atoms with van der Waals surface area (Å²) in [6, 6.07) is 0.441. The Morgan fingerprint density at radius 1 is 1.46 bits per heavy atom. The number of carbonyl (C=O) groups excluding carboxylic acids is 1. The lowest BCUT2D eigenvalue weighted by Crippen LogP contribution is -2.37. The van der Waals surface area contributed by atoms with Crippen molar-refractivity contribution in [1.29, 1.82) is 0 Å². The Labute approximate surface area is 79.0 Å². The highest BCUT2D eigenvalue weighted by Gasteiger charge is 2.33. The summed E-state index contributed by atoms with van der Waals surface area (Å²) in [5.41, 5.74) is 0.787. The van der Waals surface area contributed by atoms with Crippen LogP contribution in [-0.4, -0.2) is 48.4 Å². The van der Waals surface area contributed by atoms with Crippen LogP contribution < -0.4 is 0 Å². The smallest absolute Gasteiger partial charge is 0.249 e. The molecule has 0 aromatic rings. The van der Waals surface area contributed by atoms with Crippen LogP contribution in [0, 0.1) is 0 Å². The highest BCUT2D eigenvalue weighted by atomic mass is 16.2. The number of hydrogen-bond acceptors (Lipinski definition) is 2. The normalized spacial score (nSPS) is 30.5. The quantitative estimate of drug-likeness (QED) is 0.548. The van der Waals surface area contributed by atoms with Gasteiger partial charge in [-0.05, 0) is 26.4 Å². The van der Waals surface area contributed by atoms with Gasteiger partial charge in [-0.25, -0.2) is 0 Å². The van der Waals surface area contributed by atoms with Gasteiger partial charge in [0.05, 0.1) is 0 Å². The topological polar surface area (TPSA) is 23.6 Å². The van der Waals surface area contributed by atoms with Crippen LogP contribution in [0.15, 0.2) is 12.2 Å². The van der Waals surface area contributed by atoms with Crippen LogP contribution in [0.3, 0.4) is 0 Å². The lowest BCUT2D eigenvalue weighted by molar-refractivity contribution is -0.126. The molecular formula is C10H16N2O. The van der Waals surface area contributed by atoms with Gasteiger partial charge in [0.15, 0.2) is 0 Å². The molecule has 0 aromatic carbocycles. The maximum atomic E-state index is 11.6. The summed E-state index contributed by atoms with van der Waals surface area (Å²) in [5.74, 6) is 0.181. The predicted octanol–water partition coefficient (Wildman–Crippen LogP) is 0.479. The molecule has 1 amide bonds. The van der Waals surface area contributed by atoms with Gasteiger partial charge in [0.2, 0.25) is 5.91 Å². The Morgan fingerprint density at radius 3 is 2.69 bits per heavy atom. The molecule has 0 N–H and O–H groups in total. The molecule has 2 heterocycles. The summed E-state index contributed by atoms with van der Waals surface area (Å²) in [4.78, 5) is 15.9. The van der Waals surface area contributed by atoms with Crippen molar-refractivity contribution in [2.24, 2.45) is 0 Å². The highest BCUT2D eigenvalue weighted by Crippen LogP contribution is 2.22. The van der Waals surface area contributed by atoms with E-state index in [2.05, 4.69) is 18.5 Å². The second kappa shape index (κ2) is 3.14. The summed E-state index contributed by atoms with van der Waals surface area (Å²) in [7, 11) is 2.11. The Bertz CT molecular complexity index is 249. The summed E-state index contributed by atoms with van der Waals surface area (Å²) < 4.78 is 0. The third kappa shape index (κ3) is 1.48. The first-order valence-corrected chi connectivity index (χ1v) is 4.86. The van der Waals surface area contributed by atoms with Crippen LogP contribution in [0.1, 0.15) is 12.8 Å². The Balaban J connectivity index is 2.02. The molecule has 2 rings (SSSR count). The van der Waals surface area contributed by atoms with Crippen LogP contribution in [0.2, 0.25) is 0 Å². The molecule has 13 heavy (non-hydrogen) atoms. The maximum absolute atomic E-state index is 11.6. The Kier molecular flexibility index (Phi) is 2.12. The van der Waals surface area contributed by atoms with Crippen molar-refractivity contribution < 1.29 is 4.79 Å². The van der Waals surface area contributed by atoms with Crippen LogP contribution in [-0.2, 0) is 4.79 Å². The summed E-state index contributed by atoms with van der Waals surface area (Å²) >= 11 is 0. The Morgan fingerprint density at radius 2 is 2.23 bits per heavy atom. The first-order chi connectivity index (χ1) is 6.18. The fourth-order valence-electron chi connectivity index (χ4n) is 2.18. The first kappa shape index (κ1) is 8.75.